The molecule has 4 rings (SSSR count). The van der Waals surface area contributed by atoms with Crippen LogP contribution in [0.5, 0.6) is 0 Å². The predicted molar refractivity (Wildman–Crippen MR) is 62.3 cm³/mol. The highest BCUT2D eigenvalue weighted by Gasteiger charge is 2.61. The van der Waals surface area contributed by atoms with Crippen molar-refractivity contribution in [2.45, 2.75) is 24.8 Å². The third-order valence-corrected chi connectivity index (χ3v) is 3.98. The van der Waals surface area contributed by atoms with Crippen molar-refractivity contribution in [1.29, 1.82) is 0 Å². The van der Waals surface area contributed by atoms with E-state index in [0.29, 0.717) is 24.1 Å². The first-order valence-electron chi connectivity index (χ1n) is 6.29. The summed E-state index contributed by atoms with van der Waals surface area (Å²) in [7, 11) is 0. The minimum Gasteiger partial charge on any atom is -0.407 e. The average molecular weight is 260 g/mol. The Morgan fingerprint density at radius 3 is 2.95 bits per heavy atom. The predicted octanol–water partition coefficient (Wildman–Crippen LogP) is 0.181. The number of ether oxygens (including phenoxy) is 1. The molecule has 0 aliphatic carbocycles. The number of hydrogen-bond acceptors (Lipinski definition) is 5. The van der Waals surface area contributed by atoms with Crippen LogP contribution in [-0.2, 0) is 15.4 Å². The molecule has 3 aliphatic rings. The normalized spacial score (nSPS) is 32.9. The second-order valence-corrected chi connectivity index (χ2v) is 5.01. The number of carbonyl (C=O) groups is 2. The molecule has 1 aromatic carbocycles. The van der Waals surface area contributed by atoms with Crippen LogP contribution in [0.15, 0.2) is 24.3 Å². The van der Waals surface area contributed by atoms with Crippen LogP contribution in [0.2, 0.25) is 0 Å². The van der Waals surface area contributed by atoms with E-state index in [1.54, 1.807) is 29.3 Å². The maximum Gasteiger partial charge on any atom is 0.340 e. The van der Waals surface area contributed by atoms with Crippen molar-refractivity contribution >= 4 is 11.9 Å². The van der Waals surface area contributed by atoms with E-state index in [1.165, 1.54) is 5.01 Å². The summed E-state index contributed by atoms with van der Waals surface area (Å²) in [5, 5.41) is 13.5. The average Bonchev–Trinajstić information content (AvgIpc) is 2.94. The van der Waals surface area contributed by atoms with Gasteiger partial charge < -0.3 is 9.84 Å². The summed E-state index contributed by atoms with van der Waals surface area (Å²) in [6, 6.07) is 6.21. The second-order valence-electron chi connectivity index (χ2n) is 5.01. The Bertz CT molecular complexity index is 602. The van der Waals surface area contributed by atoms with Gasteiger partial charge in [0.05, 0.1) is 11.1 Å². The lowest BCUT2D eigenvalue weighted by molar-refractivity contribution is -0.338. The minimum absolute atomic E-state index is 0.322. The fraction of sp³-hybridized carbons (Fsp3) is 0.385. The van der Waals surface area contributed by atoms with E-state index in [4.69, 9.17) is 4.74 Å². The third kappa shape index (κ3) is 1.18. The van der Waals surface area contributed by atoms with Crippen molar-refractivity contribution < 1.29 is 19.4 Å². The Morgan fingerprint density at radius 1 is 1.32 bits per heavy atom. The molecule has 6 heteroatoms. The summed E-state index contributed by atoms with van der Waals surface area (Å²) >= 11 is 0. The van der Waals surface area contributed by atoms with Crippen molar-refractivity contribution in [3.63, 3.8) is 0 Å². The van der Waals surface area contributed by atoms with Gasteiger partial charge >= 0.3 is 11.9 Å². The van der Waals surface area contributed by atoms with Gasteiger partial charge in [0.2, 0.25) is 0 Å². The van der Waals surface area contributed by atoms with Crippen LogP contribution in [0.4, 0.5) is 0 Å². The summed E-state index contributed by atoms with van der Waals surface area (Å²) in [6.07, 6.45) is 1.45. The van der Waals surface area contributed by atoms with E-state index in [-0.39, 0.29) is 5.91 Å². The lowest BCUT2D eigenvalue weighted by Crippen LogP contribution is -2.64. The van der Waals surface area contributed by atoms with E-state index >= 15 is 0 Å². The molecule has 0 radical (unpaired) electrons. The molecule has 0 bridgehead atoms. The Balaban J connectivity index is 1.91. The van der Waals surface area contributed by atoms with Gasteiger partial charge in [0, 0.05) is 6.54 Å². The van der Waals surface area contributed by atoms with Gasteiger partial charge in [-0.25, -0.2) is 0 Å². The fourth-order valence-corrected chi connectivity index (χ4v) is 3.15. The zero-order valence-corrected chi connectivity index (χ0v) is 10.1. The van der Waals surface area contributed by atoms with Gasteiger partial charge in [-0.15, -0.1) is 0 Å². The number of benzene rings is 1. The Kier molecular flexibility index (Phi) is 1.93. The number of carbonyl (C=O) groups excluding carboxylic acids is 2. The van der Waals surface area contributed by atoms with E-state index in [9.17, 15) is 14.7 Å². The summed E-state index contributed by atoms with van der Waals surface area (Å²) in [5.41, 5.74) is 0.712. The molecule has 98 valence electrons. The van der Waals surface area contributed by atoms with Gasteiger partial charge in [0.25, 0.3) is 5.91 Å². The first-order valence-corrected chi connectivity index (χ1v) is 6.29. The monoisotopic (exact) mass is 260 g/mol. The number of rotatable bonds is 0. The highest BCUT2D eigenvalue weighted by Crippen LogP contribution is 2.44. The standard InChI is InChI=1S/C13H12N2O4/c16-11-8-4-1-2-5-9(8)13(18)15(11)14-7-3-6-10(14)12(17)19-13/h1-2,4-5,10,18H,3,6-7H2/t10-,13+/m0/s1. The first-order chi connectivity index (χ1) is 9.13. The van der Waals surface area contributed by atoms with Crippen molar-refractivity contribution in [3.8, 4) is 0 Å². The van der Waals surface area contributed by atoms with Gasteiger partial charge in [-0.1, -0.05) is 12.1 Å². The molecule has 1 N–H and O–H groups in total. The Morgan fingerprint density at radius 2 is 2.11 bits per heavy atom. The molecule has 1 amide bonds. The molecule has 3 heterocycles. The SMILES string of the molecule is O=C1O[C@]2(O)c3ccccc3C(=O)N2N2CCC[C@@H]12. The van der Waals surface area contributed by atoms with Crippen molar-refractivity contribution in [2.24, 2.45) is 0 Å². The molecule has 0 saturated carbocycles. The lowest BCUT2D eigenvalue weighted by Gasteiger charge is -2.44. The van der Waals surface area contributed by atoms with Crippen LogP contribution >= 0.6 is 0 Å². The molecule has 6 nitrogen and oxygen atoms in total. The van der Waals surface area contributed by atoms with Gasteiger partial charge in [0.1, 0.15) is 6.04 Å². The number of hydrazine groups is 1. The van der Waals surface area contributed by atoms with Crippen LogP contribution in [0.25, 0.3) is 0 Å². The fourth-order valence-electron chi connectivity index (χ4n) is 3.15. The van der Waals surface area contributed by atoms with E-state index in [0.717, 1.165) is 6.42 Å². The van der Waals surface area contributed by atoms with Crippen molar-refractivity contribution in [3.05, 3.63) is 35.4 Å². The molecule has 0 spiro atoms. The van der Waals surface area contributed by atoms with Crippen LogP contribution < -0.4 is 0 Å². The number of aliphatic hydroxyl groups is 1. The molecule has 1 aromatic rings. The molecule has 2 atom stereocenters. The lowest BCUT2D eigenvalue weighted by atomic mass is 10.1. The third-order valence-electron chi connectivity index (χ3n) is 3.98. The second kappa shape index (κ2) is 3.34. The maximum absolute atomic E-state index is 12.4. The molecule has 19 heavy (non-hydrogen) atoms. The summed E-state index contributed by atoms with van der Waals surface area (Å²) < 4.78 is 5.19. The highest BCUT2D eigenvalue weighted by molar-refractivity contribution is 6.00. The van der Waals surface area contributed by atoms with E-state index < -0.39 is 17.9 Å². The van der Waals surface area contributed by atoms with Crippen LogP contribution in [0, 0.1) is 0 Å². The maximum atomic E-state index is 12.4. The number of esters is 1. The molecule has 0 aromatic heterocycles. The topological polar surface area (TPSA) is 70.1 Å². The summed E-state index contributed by atoms with van der Waals surface area (Å²) in [5.74, 6) is -2.77. The molecule has 3 aliphatic heterocycles. The zero-order chi connectivity index (χ0) is 13.2. The van der Waals surface area contributed by atoms with Crippen molar-refractivity contribution in [2.75, 3.05) is 6.54 Å². The van der Waals surface area contributed by atoms with E-state index in [2.05, 4.69) is 0 Å². The van der Waals surface area contributed by atoms with E-state index in [1.807, 2.05) is 0 Å². The molecular formula is C13H12N2O4. The highest BCUT2D eigenvalue weighted by atomic mass is 16.7. The van der Waals surface area contributed by atoms with Crippen LogP contribution in [0.1, 0.15) is 28.8 Å². The van der Waals surface area contributed by atoms with Crippen molar-refractivity contribution in [1.82, 2.24) is 10.0 Å². The number of nitrogens with zero attached hydrogens (tertiary/aromatic N) is 2. The molecule has 2 fully saturated rings. The minimum atomic E-state index is -1.98. The Hall–Kier alpha value is -1.92. The molecule has 0 unspecified atom stereocenters. The number of hydrogen-bond donors (Lipinski definition) is 1. The molecular weight excluding hydrogens is 248 g/mol. The van der Waals surface area contributed by atoms with Crippen LogP contribution in [-0.4, -0.2) is 39.6 Å². The largest absolute Gasteiger partial charge is 0.407 e. The smallest absolute Gasteiger partial charge is 0.340 e. The van der Waals surface area contributed by atoms with Gasteiger partial charge in [0.15, 0.2) is 0 Å². The Labute approximate surface area is 109 Å². The summed E-state index contributed by atoms with van der Waals surface area (Å²) in [6.45, 7) is 0.571. The van der Waals surface area contributed by atoms with Gasteiger partial charge in [-0.05, 0) is 25.0 Å². The zero-order valence-electron chi connectivity index (χ0n) is 10.1. The first kappa shape index (κ1) is 11.0. The van der Waals surface area contributed by atoms with Gasteiger partial charge in [-0.3, -0.25) is 9.59 Å². The quantitative estimate of drug-likeness (QED) is 0.674. The summed E-state index contributed by atoms with van der Waals surface area (Å²) in [4.78, 5) is 24.4. The number of amides is 1. The number of fused-ring (bicyclic) bond motifs is 5. The molecule has 2 saturated heterocycles. The van der Waals surface area contributed by atoms with Crippen LogP contribution in [0.3, 0.4) is 0 Å². The van der Waals surface area contributed by atoms with Gasteiger partial charge in [-0.2, -0.15) is 10.0 Å².